The average Bonchev–Trinajstić information content (AvgIpc) is 2.87. The smallest absolute Gasteiger partial charge is 0.358 e. The second-order valence-electron chi connectivity index (χ2n) is 4.26. The monoisotopic (exact) mass is 311 g/mol. The number of rotatable bonds is 6. The van der Waals surface area contributed by atoms with E-state index in [1.165, 1.54) is 23.0 Å². The molecular weight excluding hydrogens is 298 g/mol. The number of nitrogens with zero attached hydrogens (tertiary/aromatic N) is 3. The van der Waals surface area contributed by atoms with Crippen LogP contribution in [0.4, 0.5) is 0 Å². The van der Waals surface area contributed by atoms with Crippen LogP contribution in [0.1, 0.15) is 10.5 Å². The molecule has 0 aliphatic rings. The number of sulfone groups is 1. The number of aromatic nitrogens is 3. The number of carboxylic acid groups (broad SMARTS) is 1. The van der Waals surface area contributed by atoms with Crippen molar-refractivity contribution < 1.29 is 23.1 Å². The molecule has 0 unspecified atom stereocenters. The summed E-state index contributed by atoms with van der Waals surface area (Å²) >= 11 is 0. The average molecular weight is 311 g/mol. The molecule has 2 rings (SSSR count). The molecule has 1 aromatic carbocycles. The molecule has 0 saturated heterocycles. The molecule has 0 spiro atoms. The lowest BCUT2D eigenvalue weighted by atomic mass is 10.3. The Bertz CT molecular complexity index is 737. The van der Waals surface area contributed by atoms with Gasteiger partial charge in [0.15, 0.2) is 15.5 Å². The summed E-state index contributed by atoms with van der Waals surface area (Å²) in [5.41, 5.74) is -0.132. The number of hydrogen-bond donors (Lipinski definition) is 1. The summed E-state index contributed by atoms with van der Waals surface area (Å²) in [5, 5.41) is 15.8. The third kappa shape index (κ3) is 4.02. The summed E-state index contributed by atoms with van der Waals surface area (Å²) in [5.74, 6) is -0.625. The molecule has 0 radical (unpaired) electrons. The minimum Gasteiger partial charge on any atom is -0.492 e. The van der Waals surface area contributed by atoms with Gasteiger partial charge in [-0.25, -0.2) is 17.9 Å². The number of carboxylic acids is 1. The maximum Gasteiger partial charge on any atom is 0.358 e. The number of aromatic carboxylic acids is 1. The van der Waals surface area contributed by atoms with Gasteiger partial charge in [0.2, 0.25) is 0 Å². The maximum atomic E-state index is 11.3. The fourth-order valence-electron chi connectivity index (χ4n) is 1.55. The molecule has 1 aromatic heterocycles. The summed E-state index contributed by atoms with van der Waals surface area (Å²) in [4.78, 5) is 10.8. The highest BCUT2D eigenvalue weighted by molar-refractivity contribution is 7.90. The van der Waals surface area contributed by atoms with Crippen LogP contribution in [0.3, 0.4) is 0 Å². The van der Waals surface area contributed by atoms with Crippen LogP contribution in [-0.2, 0) is 16.4 Å². The number of benzene rings is 1. The normalized spacial score (nSPS) is 11.3. The highest BCUT2D eigenvalue weighted by Gasteiger charge is 2.08. The van der Waals surface area contributed by atoms with Gasteiger partial charge in [-0.2, -0.15) is 0 Å². The SMILES string of the molecule is CS(=O)(=O)c1ccc(OCCn2cc(C(=O)O)nn2)cc1. The van der Waals surface area contributed by atoms with E-state index in [2.05, 4.69) is 10.3 Å². The van der Waals surface area contributed by atoms with E-state index in [0.29, 0.717) is 12.3 Å². The van der Waals surface area contributed by atoms with Crippen LogP contribution < -0.4 is 4.74 Å². The minimum atomic E-state index is -3.22. The van der Waals surface area contributed by atoms with Crippen molar-refractivity contribution in [3.8, 4) is 5.75 Å². The van der Waals surface area contributed by atoms with Crippen LogP contribution in [0, 0.1) is 0 Å². The summed E-state index contributed by atoms with van der Waals surface area (Å²) in [6, 6.07) is 6.03. The fourth-order valence-corrected chi connectivity index (χ4v) is 2.18. The zero-order valence-electron chi connectivity index (χ0n) is 11.1. The van der Waals surface area contributed by atoms with Gasteiger partial charge in [0, 0.05) is 6.26 Å². The molecule has 0 aliphatic heterocycles. The minimum absolute atomic E-state index is 0.132. The van der Waals surface area contributed by atoms with Gasteiger partial charge in [-0.1, -0.05) is 5.21 Å². The lowest BCUT2D eigenvalue weighted by Gasteiger charge is -2.06. The maximum absolute atomic E-state index is 11.3. The number of carbonyl (C=O) groups is 1. The van der Waals surface area contributed by atoms with E-state index >= 15 is 0 Å². The summed E-state index contributed by atoms with van der Waals surface area (Å²) in [7, 11) is -3.22. The summed E-state index contributed by atoms with van der Waals surface area (Å²) < 4.78 is 29.4. The molecule has 0 atom stereocenters. The van der Waals surface area contributed by atoms with Gasteiger partial charge in [-0.05, 0) is 24.3 Å². The molecule has 2 aromatic rings. The number of hydrogen-bond acceptors (Lipinski definition) is 6. The van der Waals surface area contributed by atoms with Crippen molar-refractivity contribution in [3.63, 3.8) is 0 Å². The van der Waals surface area contributed by atoms with Crippen LogP contribution >= 0.6 is 0 Å². The standard InChI is InChI=1S/C12H13N3O5S/c1-21(18,19)10-4-2-9(3-5-10)20-7-6-15-8-11(12(16)17)13-14-15/h2-5,8H,6-7H2,1H3,(H,16,17). The topological polar surface area (TPSA) is 111 Å². The van der Waals surface area contributed by atoms with Crippen LogP contribution in [0.15, 0.2) is 35.4 Å². The van der Waals surface area contributed by atoms with Gasteiger partial charge in [0.1, 0.15) is 12.4 Å². The van der Waals surface area contributed by atoms with E-state index in [1.807, 2.05) is 0 Å². The van der Waals surface area contributed by atoms with Gasteiger partial charge in [0.25, 0.3) is 0 Å². The molecule has 8 nitrogen and oxygen atoms in total. The summed E-state index contributed by atoms with van der Waals surface area (Å²) in [6.45, 7) is 0.578. The predicted octanol–water partition coefficient (Wildman–Crippen LogP) is 0.459. The first kappa shape index (κ1) is 15.0. The van der Waals surface area contributed by atoms with Crippen molar-refractivity contribution in [1.29, 1.82) is 0 Å². The van der Waals surface area contributed by atoms with E-state index in [-0.39, 0.29) is 17.2 Å². The van der Waals surface area contributed by atoms with E-state index < -0.39 is 15.8 Å². The second-order valence-corrected chi connectivity index (χ2v) is 6.28. The molecule has 112 valence electrons. The summed E-state index contributed by atoms with van der Waals surface area (Å²) in [6.07, 6.45) is 2.44. The molecule has 0 bridgehead atoms. The Labute approximate surface area is 120 Å². The van der Waals surface area contributed by atoms with E-state index in [9.17, 15) is 13.2 Å². The molecule has 9 heteroatoms. The van der Waals surface area contributed by atoms with Gasteiger partial charge in [-0.15, -0.1) is 5.10 Å². The second kappa shape index (κ2) is 5.92. The van der Waals surface area contributed by atoms with Crippen LogP contribution in [0.5, 0.6) is 5.75 Å². The third-order valence-corrected chi connectivity index (χ3v) is 3.73. The lowest BCUT2D eigenvalue weighted by molar-refractivity contribution is 0.0690. The van der Waals surface area contributed by atoms with Crippen LogP contribution in [0.25, 0.3) is 0 Å². The molecule has 1 N–H and O–H groups in total. The molecular formula is C12H13N3O5S. The van der Waals surface area contributed by atoms with Gasteiger partial charge < -0.3 is 9.84 Å². The van der Waals surface area contributed by atoms with Crippen molar-refractivity contribution in [2.75, 3.05) is 12.9 Å². The molecule has 0 amide bonds. The van der Waals surface area contributed by atoms with E-state index in [1.54, 1.807) is 12.1 Å². The lowest BCUT2D eigenvalue weighted by Crippen LogP contribution is -2.09. The van der Waals surface area contributed by atoms with Gasteiger partial charge >= 0.3 is 5.97 Å². The fraction of sp³-hybridized carbons (Fsp3) is 0.250. The molecule has 21 heavy (non-hydrogen) atoms. The Kier molecular flexibility index (Phi) is 4.22. The Hall–Kier alpha value is -2.42. The van der Waals surface area contributed by atoms with Crippen LogP contribution in [-0.4, -0.2) is 47.4 Å². The third-order valence-electron chi connectivity index (χ3n) is 2.60. The van der Waals surface area contributed by atoms with Gasteiger partial charge in [-0.3, -0.25) is 0 Å². The molecule has 0 fully saturated rings. The first-order chi connectivity index (χ1) is 9.86. The highest BCUT2D eigenvalue weighted by Crippen LogP contribution is 2.15. The first-order valence-electron chi connectivity index (χ1n) is 5.92. The number of ether oxygens (including phenoxy) is 1. The molecule has 0 aliphatic carbocycles. The Balaban J connectivity index is 1.89. The Morgan fingerprint density at radius 3 is 2.52 bits per heavy atom. The van der Waals surface area contributed by atoms with E-state index in [0.717, 1.165) is 6.26 Å². The predicted molar refractivity (Wildman–Crippen MR) is 72.0 cm³/mol. The quantitative estimate of drug-likeness (QED) is 0.824. The zero-order valence-corrected chi connectivity index (χ0v) is 11.9. The Morgan fingerprint density at radius 1 is 1.33 bits per heavy atom. The highest BCUT2D eigenvalue weighted by atomic mass is 32.2. The molecule has 0 saturated carbocycles. The largest absolute Gasteiger partial charge is 0.492 e. The van der Waals surface area contributed by atoms with Crippen molar-refractivity contribution in [2.24, 2.45) is 0 Å². The molecule has 1 heterocycles. The zero-order chi connectivity index (χ0) is 15.5. The van der Waals surface area contributed by atoms with Crippen molar-refractivity contribution >= 4 is 15.8 Å². The van der Waals surface area contributed by atoms with Crippen molar-refractivity contribution in [1.82, 2.24) is 15.0 Å². The Morgan fingerprint density at radius 2 is 2.00 bits per heavy atom. The van der Waals surface area contributed by atoms with E-state index in [4.69, 9.17) is 9.84 Å². The van der Waals surface area contributed by atoms with Crippen LogP contribution in [0.2, 0.25) is 0 Å². The van der Waals surface area contributed by atoms with Gasteiger partial charge in [0.05, 0.1) is 17.6 Å². The van der Waals surface area contributed by atoms with Crippen molar-refractivity contribution in [3.05, 3.63) is 36.2 Å². The first-order valence-corrected chi connectivity index (χ1v) is 7.82. The van der Waals surface area contributed by atoms with Crippen molar-refractivity contribution in [2.45, 2.75) is 11.4 Å².